The summed E-state index contributed by atoms with van der Waals surface area (Å²) in [6, 6.07) is 31.5. The first-order valence-electron chi connectivity index (χ1n) is 18.7. The molecule has 0 radical (unpaired) electrons. The predicted octanol–water partition coefficient (Wildman–Crippen LogP) is 8.95. The number of fused-ring (bicyclic) bond motifs is 1. The van der Waals surface area contributed by atoms with Crippen LogP contribution in [-0.2, 0) is 27.4 Å². The molecule has 1 fully saturated rings. The van der Waals surface area contributed by atoms with Crippen molar-refractivity contribution in [1.29, 1.82) is 0 Å². The lowest BCUT2D eigenvalue weighted by Gasteiger charge is -2.31. The molecule has 8 heteroatoms. The molecule has 0 spiro atoms. The average Bonchev–Trinajstić information content (AvgIpc) is 3.35. The molecule has 1 amide bonds. The summed E-state index contributed by atoms with van der Waals surface area (Å²) in [6.07, 6.45) is 6.58. The fourth-order valence-electron chi connectivity index (χ4n) is 6.95. The van der Waals surface area contributed by atoms with Gasteiger partial charge in [-0.15, -0.1) is 0 Å². The van der Waals surface area contributed by atoms with Crippen molar-refractivity contribution in [3.05, 3.63) is 113 Å². The maximum atomic E-state index is 13.9. The number of nitrogens with one attached hydrogen (secondary N) is 1. The van der Waals surface area contributed by atoms with Gasteiger partial charge in [0.05, 0.1) is 13.7 Å². The fraction of sp³-hybridized carbons (Fsp3) is 0.386. The molecule has 4 aromatic rings. The average molecular weight is 704 g/mol. The van der Waals surface area contributed by atoms with Crippen LogP contribution in [0.4, 0.5) is 11.4 Å². The summed E-state index contributed by atoms with van der Waals surface area (Å²) in [5.74, 6) is 1.54. The minimum Gasteiger partial charge on any atom is -0.496 e. The van der Waals surface area contributed by atoms with Crippen LogP contribution < -0.4 is 19.7 Å². The summed E-state index contributed by atoms with van der Waals surface area (Å²) in [4.78, 5) is 18.6. The van der Waals surface area contributed by atoms with Crippen LogP contribution in [-0.4, -0.2) is 63.7 Å². The van der Waals surface area contributed by atoms with Gasteiger partial charge < -0.3 is 29.2 Å². The summed E-state index contributed by atoms with van der Waals surface area (Å²) < 4.78 is 23.0. The third-order valence-electron chi connectivity index (χ3n) is 9.99. The molecule has 2 heterocycles. The second-order valence-corrected chi connectivity index (χ2v) is 13.8. The quantitative estimate of drug-likeness (QED) is 0.0979. The van der Waals surface area contributed by atoms with E-state index in [1.807, 2.05) is 49.4 Å². The number of hydrogen-bond acceptors (Lipinski definition) is 7. The Morgan fingerprint density at radius 3 is 2.48 bits per heavy atom. The van der Waals surface area contributed by atoms with Gasteiger partial charge in [-0.2, -0.15) is 0 Å². The Kier molecular flexibility index (Phi) is 13.0. The van der Waals surface area contributed by atoms with Crippen LogP contribution in [0.1, 0.15) is 62.6 Å². The number of para-hydroxylation sites is 1. The summed E-state index contributed by atoms with van der Waals surface area (Å²) in [6.45, 7) is 8.64. The van der Waals surface area contributed by atoms with Crippen molar-refractivity contribution in [2.45, 2.75) is 71.4 Å². The lowest BCUT2D eigenvalue weighted by atomic mass is 10.00. The lowest BCUT2D eigenvalue weighted by Crippen LogP contribution is -2.36. The number of carbonyl (C=O) groups is 1. The van der Waals surface area contributed by atoms with E-state index in [0.717, 1.165) is 96.1 Å². The van der Waals surface area contributed by atoms with Gasteiger partial charge in [-0.1, -0.05) is 61.9 Å². The van der Waals surface area contributed by atoms with E-state index >= 15 is 0 Å². The summed E-state index contributed by atoms with van der Waals surface area (Å²) in [5, 5.41) is 3.18. The van der Waals surface area contributed by atoms with Crippen LogP contribution >= 0.6 is 0 Å². The zero-order chi connectivity index (χ0) is 36.3. The Hall–Kier alpha value is -4.63. The molecule has 6 rings (SSSR count). The number of carbonyl (C=O) groups excluding carboxylic acids is 1. The van der Waals surface area contributed by atoms with Crippen molar-refractivity contribution in [3.63, 3.8) is 0 Å². The van der Waals surface area contributed by atoms with Gasteiger partial charge in [0, 0.05) is 61.4 Å². The standard InChI is InChI=1S/C44H53N3O5/c1-5-6-25-51-32(2)52-41-18-13-34(14-19-41)35-15-20-42-38(28-35)29-36(21-24-47(42)31-37-9-7-8-10-43(37)49-4)44(48)45-39-16-11-33(12-17-39)30-46(3)40-22-26-50-27-23-40/h7-20,28-29,32,40H,5-6,21-27,30-31H2,1-4H3,(H,45,48). The van der Waals surface area contributed by atoms with Crippen LogP contribution in [0.5, 0.6) is 11.5 Å². The normalized spacial score (nSPS) is 15.4. The SMILES string of the molecule is CCCCOC(C)Oc1ccc(-c2ccc3c(c2)C=C(C(=O)Nc2ccc(CN(C)C4CCOCC4)cc2)CCN3Cc2ccccc2OC)cc1. The monoisotopic (exact) mass is 703 g/mol. The Bertz CT molecular complexity index is 1780. The summed E-state index contributed by atoms with van der Waals surface area (Å²) in [5.41, 5.74) is 8.06. The Balaban J connectivity index is 1.20. The first kappa shape index (κ1) is 37.1. The van der Waals surface area contributed by atoms with Crippen LogP contribution in [0.2, 0.25) is 0 Å². The van der Waals surface area contributed by atoms with Crippen molar-refractivity contribution in [1.82, 2.24) is 4.90 Å². The summed E-state index contributed by atoms with van der Waals surface area (Å²) in [7, 11) is 3.89. The fourth-order valence-corrected chi connectivity index (χ4v) is 6.95. The number of unbranched alkanes of at least 4 members (excludes halogenated alkanes) is 1. The third-order valence-corrected chi connectivity index (χ3v) is 9.99. The molecule has 0 bridgehead atoms. The van der Waals surface area contributed by atoms with Gasteiger partial charge in [-0.05, 0) is 110 Å². The third kappa shape index (κ3) is 9.82. The number of amides is 1. The molecular weight excluding hydrogens is 650 g/mol. The molecule has 2 aliphatic heterocycles. The predicted molar refractivity (Wildman–Crippen MR) is 210 cm³/mol. The number of methoxy groups -OCH3 is 1. The minimum absolute atomic E-state index is 0.0839. The van der Waals surface area contributed by atoms with E-state index in [1.54, 1.807) is 7.11 Å². The molecule has 274 valence electrons. The maximum Gasteiger partial charge on any atom is 0.251 e. The van der Waals surface area contributed by atoms with Crippen LogP contribution in [0.3, 0.4) is 0 Å². The lowest BCUT2D eigenvalue weighted by molar-refractivity contribution is -0.112. The molecule has 0 saturated carbocycles. The van der Waals surface area contributed by atoms with E-state index in [4.69, 9.17) is 18.9 Å². The zero-order valence-electron chi connectivity index (χ0n) is 31.1. The van der Waals surface area contributed by atoms with Gasteiger partial charge in [0.1, 0.15) is 11.5 Å². The topological polar surface area (TPSA) is 72.5 Å². The highest BCUT2D eigenvalue weighted by molar-refractivity contribution is 6.07. The summed E-state index contributed by atoms with van der Waals surface area (Å²) >= 11 is 0. The van der Waals surface area contributed by atoms with Crippen molar-refractivity contribution in [2.24, 2.45) is 0 Å². The van der Waals surface area contributed by atoms with E-state index in [2.05, 4.69) is 83.7 Å². The van der Waals surface area contributed by atoms with Gasteiger partial charge >= 0.3 is 0 Å². The van der Waals surface area contributed by atoms with Crippen molar-refractivity contribution < 1.29 is 23.7 Å². The van der Waals surface area contributed by atoms with Gasteiger partial charge in [-0.3, -0.25) is 9.69 Å². The van der Waals surface area contributed by atoms with Gasteiger partial charge in [0.15, 0.2) is 6.29 Å². The Morgan fingerprint density at radius 2 is 1.73 bits per heavy atom. The minimum atomic E-state index is -0.310. The van der Waals surface area contributed by atoms with Gasteiger partial charge in [0.2, 0.25) is 0 Å². The zero-order valence-corrected chi connectivity index (χ0v) is 31.1. The van der Waals surface area contributed by atoms with Crippen molar-refractivity contribution in [3.8, 4) is 22.6 Å². The van der Waals surface area contributed by atoms with Crippen LogP contribution in [0.15, 0.2) is 96.6 Å². The van der Waals surface area contributed by atoms with E-state index in [0.29, 0.717) is 32.2 Å². The largest absolute Gasteiger partial charge is 0.496 e. The molecule has 8 nitrogen and oxygen atoms in total. The van der Waals surface area contributed by atoms with Crippen molar-refractivity contribution >= 4 is 23.4 Å². The van der Waals surface area contributed by atoms with Crippen molar-refractivity contribution in [2.75, 3.05) is 50.7 Å². The number of hydrogen-bond donors (Lipinski definition) is 1. The molecule has 1 atom stereocenters. The van der Waals surface area contributed by atoms with Gasteiger partial charge in [0.25, 0.3) is 5.91 Å². The van der Waals surface area contributed by atoms with Gasteiger partial charge in [-0.25, -0.2) is 0 Å². The molecule has 0 aromatic heterocycles. The molecule has 0 aliphatic carbocycles. The highest BCUT2D eigenvalue weighted by atomic mass is 16.7. The molecule has 2 aliphatic rings. The highest BCUT2D eigenvalue weighted by Gasteiger charge is 2.22. The van der Waals surface area contributed by atoms with E-state index in [-0.39, 0.29) is 12.2 Å². The van der Waals surface area contributed by atoms with E-state index in [9.17, 15) is 4.79 Å². The maximum absolute atomic E-state index is 13.9. The molecule has 1 unspecified atom stereocenters. The highest BCUT2D eigenvalue weighted by Crippen LogP contribution is 2.35. The Labute approximate surface area is 309 Å². The van der Waals surface area contributed by atoms with E-state index in [1.165, 1.54) is 5.56 Å². The van der Waals surface area contributed by atoms with Crippen LogP contribution in [0, 0.1) is 0 Å². The molecule has 52 heavy (non-hydrogen) atoms. The van der Waals surface area contributed by atoms with E-state index < -0.39 is 0 Å². The number of rotatable bonds is 15. The Morgan fingerprint density at radius 1 is 0.981 bits per heavy atom. The second kappa shape index (κ2) is 18.2. The first-order chi connectivity index (χ1) is 25.4. The smallest absolute Gasteiger partial charge is 0.251 e. The molecule has 4 aromatic carbocycles. The number of anilines is 2. The number of ether oxygens (including phenoxy) is 4. The number of nitrogens with zero attached hydrogens (tertiary/aromatic N) is 2. The first-order valence-corrected chi connectivity index (χ1v) is 18.7. The molecule has 1 saturated heterocycles. The number of benzene rings is 4. The second-order valence-electron chi connectivity index (χ2n) is 13.8. The van der Waals surface area contributed by atoms with Crippen LogP contribution in [0.25, 0.3) is 17.2 Å². The molecule has 1 N–H and O–H groups in total. The molecular formula is C44H53N3O5.